The predicted molar refractivity (Wildman–Crippen MR) is 58.7 cm³/mol. The lowest BCUT2D eigenvalue weighted by molar-refractivity contribution is 0.544. The second-order valence-electron chi connectivity index (χ2n) is 4.21. The van der Waals surface area contributed by atoms with Crippen LogP contribution >= 0.6 is 11.8 Å². The Morgan fingerprint density at radius 1 is 1.50 bits per heavy atom. The molecule has 76 valence electrons. The van der Waals surface area contributed by atoms with Crippen molar-refractivity contribution in [3.05, 3.63) is 35.1 Å². The standard InChI is InChI=1S/C11H14FNS/c1-11(2)10(13)9-5-8(12)4-3-7(9)6-14-11/h3-5,10H,6,13H2,1-2H3. The number of rotatable bonds is 0. The van der Waals surface area contributed by atoms with E-state index in [-0.39, 0.29) is 16.6 Å². The highest BCUT2D eigenvalue weighted by Crippen LogP contribution is 2.44. The molecule has 1 nitrogen and oxygen atoms in total. The van der Waals surface area contributed by atoms with Crippen molar-refractivity contribution in [3.63, 3.8) is 0 Å². The maximum absolute atomic E-state index is 13.1. The average molecular weight is 211 g/mol. The highest BCUT2D eigenvalue weighted by atomic mass is 32.2. The molecule has 0 saturated heterocycles. The summed E-state index contributed by atoms with van der Waals surface area (Å²) in [6.07, 6.45) is 0. The first-order chi connectivity index (χ1) is 6.50. The Kier molecular flexibility index (Phi) is 2.32. The minimum Gasteiger partial charge on any atom is -0.323 e. The van der Waals surface area contributed by atoms with Gasteiger partial charge in [-0.2, -0.15) is 0 Å². The van der Waals surface area contributed by atoms with Gasteiger partial charge in [-0.15, -0.1) is 11.8 Å². The average Bonchev–Trinajstić information content (AvgIpc) is 2.13. The third kappa shape index (κ3) is 1.55. The van der Waals surface area contributed by atoms with Gasteiger partial charge in [-0.3, -0.25) is 0 Å². The third-order valence-electron chi connectivity index (χ3n) is 2.79. The molecule has 1 unspecified atom stereocenters. The van der Waals surface area contributed by atoms with Crippen LogP contribution in [0.5, 0.6) is 0 Å². The molecule has 2 rings (SSSR count). The first kappa shape index (κ1) is 9.99. The highest BCUT2D eigenvalue weighted by molar-refractivity contribution is 7.99. The molecule has 0 aromatic heterocycles. The monoisotopic (exact) mass is 211 g/mol. The molecule has 1 atom stereocenters. The zero-order valence-electron chi connectivity index (χ0n) is 8.38. The van der Waals surface area contributed by atoms with Crippen LogP contribution < -0.4 is 5.73 Å². The summed E-state index contributed by atoms with van der Waals surface area (Å²) in [5.74, 6) is 0.734. The zero-order valence-corrected chi connectivity index (χ0v) is 9.20. The number of fused-ring (bicyclic) bond motifs is 1. The van der Waals surface area contributed by atoms with E-state index in [0.717, 1.165) is 11.3 Å². The van der Waals surface area contributed by atoms with E-state index >= 15 is 0 Å². The molecule has 1 heterocycles. The number of halogens is 1. The molecule has 0 bridgehead atoms. The fourth-order valence-corrected chi connectivity index (χ4v) is 2.81. The highest BCUT2D eigenvalue weighted by Gasteiger charge is 2.33. The lowest BCUT2D eigenvalue weighted by Crippen LogP contribution is -2.36. The van der Waals surface area contributed by atoms with Crippen molar-refractivity contribution in [3.8, 4) is 0 Å². The van der Waals surface area contributed by atoms with Crippen LogP contribution in [0.1, 0.15) is 31.0 Å². The van der Waals surface area contributed by atoms with E-state index in [1.54, 1.807) is 6.07 Å². The quantitative estimate of drug-likeness (QED) is 0.714. The van der Waals surface area contributed by atoms with Crippen molar-refractivity contribution in [1.29, 1.82) is 0 Å². The van der Waals surface area contributed by atoms with Crippen molar-refractivity contribution in [1.82, 2.24) is 0 Å². The maximum atomic E-state index is 13.1. The Hall–Kier alpha value is -0.540. The van der Waals surface area contributed by atoms with Crippen molar-refractivity contribution in [2.45, 2.75) is 30.4 Å². The second kappa shape index (κ2) is 3.24. The lowest BCUT2D eigenvalue weighted by Gasteiger charge is -2.37. The summed E-state index contributed by atoms with van der Waals surface area (Å²) in [6.45, 7) is 4.21. The van der Waals surface area contributed by atoms with Gasteiger partial charge in [-0.25, -0.2) is 4.39 Å². The fourth-order valence-electron chi connectivity index (χ4n) is 1.71. The van der Waals surface area contributed by atoms with Gasteiger partial charge in [0.15, 0.2) is 0 Å². The summed E-state index contributed by atoms with van der Waals surface area (Å²) in [5.41, 5.74) is 8.24. The van der Waals surface area contributed by atoms with Crippen LogP contribution in [0.4, 0.5) is 4.39 Å². The van der Waals surface area contributed by atoms with Crippen molar-refractivity contribution in [2.75, 3.05) is 0 Å². The van der Waals surface area contributed by atoms with Crippen molar-refractivity contribution < 1.29 is 4.39 Å². The smallest absolute Gasteiger partial charge is 0.123 e. The van der Waals surface area contributed by atoms with Gasteiger partial charge < -0.3 is 5.73 Å². The van der Waals surface area contributed by atoms with Gasteiger partial charge in [0.2, 0.25) is 0 Å². The second-order valence-corrected chi connectivity index (χ2v) is 5.84. The van der Waals surface area contributed by atoms with Crippen molar-refractivity contribution >= 4 is 11.8 Å². The molecule has 0 aliphatic carbocycles. The first-order valence-corrected chi connectivity index (χ1v) is 5.67. The van der Waals surface area contributed by atoms with Gasteiger partial charge in [-0.1, -0.05) is 6.07 Å². The topological polar surface area (TPSA) is 26.0 Å². The van der Waals surface area contributed by atoms with Crippen LogP contribution in [0, 0.1) is 5.82 Å². The SMILES string of the molecule is CC1(C)SCc2ccc(F)cc2C1N. The molecule has 14 heavy (non-hydrogen) atoms. The van der Waals surface area contributed by atoms with Crippen LogP contribution in [0.2, 0.25) is 0 Å². The Morgan fingerprint density at radius 3 is 2.93 bits per heavy atom. The van der Waals surface area contributed by atoms with E-state index in [4.69, 9.17) is 5.73 Å². The van der Waals surface area contributed by atoms with Crippen LogP contribution in [-0.2, 0) is 5.75 Å². The van der Waals surface area contributed by atoms with Gasteiger partial charge in [0, 0.05) is 16.5 Å². The molecule has 0 saturated carbocycles. The Bertz CT molecular complexity index is 362. The minimum atomic E-state index is -0.193. The summed E-state index contributed by atoms with van der Waals surface area (Å²) in [5, 5.41) is 0. The number of thioether (sulfide) groups is 1. The van der Waals surface area contributed by atoms with Crippen LogP contribution in [0.15, 0.2) is 18.2 Å². The molecule has 0 fully saturated rings. The predicted octanol–water partition coefficient (Wildman–Crippen LogP) is 2.85. The van der Waals surface area contributed by atoms with Crippen LogP contribution in [0.3, 0.4) is 0 Å². The van der Waals surface area contributed by atoms with Gasteiger partial charge in [0.1, 0.15) is 5.82 Å². The molecule has 2 N–H and O–H groups in total. The fraction of sp³-hybridized carbons (Fsp3) is 0.455. The summed E-state index contributed by atoms with van der Waals surface area (Å²) >= 11 is 1.83. The van der Waals surface area contributed by atoms with Gasteiger partial charge in [0.05, 0.1) is 0 Å². The molecule has 1 aromatic carbocycles. The molecule has 0 radical (unpaired) electrons. The largest absolute Gasteiger partial charge is 0.323 e. The third-order valence-corrected chi connectivity index (χ3v) is 4.24. The summed E-state index contributed by atoms with van der Waals surface area (Å²) in [7, 11) is 0. The molecule has 1 aliphatic rings. The number of benzene rings is 1. The Balaban J connectivity index is 2.48. The van der Waals surface area contributed by atoms with E-state index < -0.39 is 0 Å². The van der Waals surface area contributed by atoms with Gasteiger partial charge in [0.25, 0.3) is 0 Å². The van der Waals surface area contributed by atoms with E-state index in [1.807, 2.05) is 17.8 Å². The number of hydrogen-bond donors (Lipinski definition) is 1. The van der Waals surface area contributed by atoms with E-state index in [1.165, 1.54) is 11.6 Å². The van der Waals surface area contributed by atoms with Gasteiger partial charge >= 0.3 is 0 Å². The van der Waals surface area contributed by atoms with Crippen LogP contribution in [-0.4, -0.2) is 4.75 Å². The molecule has 1 aliphatic heterocycles. The Morgan fingerprint density at radius 2 is 2.21 bits per heavy atom. The first-order valence-electron chi connectivity index (χ1n) is 4.68. The molecule has 0 spiro atoms. The molecular formula is C11H14FNS. The molecule has 1 aromatic rings. The minimum absolute atomic E-state index is 0.000787. The van der Waals surface area contributed by atoms with Crippen LogP contribution in [0.25, 0.3) is 0 Å². The van der Waals surface area contributed by atoms with E-state index in [9.17, 15) is 4.39 Å². The zero-order chi connectivity index (χ0) is 10.3. The summed E-state index contributed by atoms with van der Waals surface area (Å²) in [4.78, 5) is 0. The maximum Gasteiger partial charge on any atom is 0.123 e. The molecular weight excluding hydrogens is 197 g/mol. The normalized spacial score (nSPS) is 24.4. The summed E-state index contributed by atoms with van der Waals surface area (Å²) < 4.78 is 13.1. The molecule has 3 heteroatoms. The van der Waals surface area contributed by atoms with Gasteiger partial charge in [-0.05, 0) is 37.1 Å². The van der Waals surface area contributed by atoms with Crippen molar-refractivity contribution in [2.24, 2.45) is 5.73 Å². The van der Waals surface area contributed by atoms with E-state index in [2.05, 4.69) is 13.8 Å². The summed E-state index contributed by atoms with van der Waals surface area (Å²) in [6, 6.07) is 4.84. The Labute approximate surface area is 87.9 Å². The van der Waals surface area contributed by atoms with E-state index in [0.29, 0.717) is 0 Å². The number of nitrogens with two attached hydrogens (primary N) is 1. The molecule has 0 amide bonds. The number of hydrogen-bond acceptors (Lipinski definition) is 2. The lowest BCUT2D eigenvalue weighted by atomic mass is 9.92.